The molecule has 36 heavy (non-hydrogen) atoms. The van der Waals surface area contributed by atoms with Gasteiger partial charge in [0.05, 0.1) is 13.2 Å². The molecule has 0 aliphatic carbocycles. The number of aliphatic hydroxyl groups excluding tert-OH is 1. The predicted octanol–water partition coefficient (Wildman–Crippen LogP) is 3.85. The van der Waals surface area contributed by atoms with E-state index in [4.69, 9.17) is 9.47 Å². The maximum absolute atomic E-state index is 12.6. The van der Waals surface area contributed by atoms with E-state index in [1.165, 1.54) is 19.4 Å². The second-order valence-electron chi connectivity index (χ2n) is 9.96. The van der Waals surface area contributed by atoms with Crippen LogP contribution in [0.15, 0.2) is 60.1 Å². The van der Waals surface area contributed by atoms with Crippen molar-refractivity contribution in [3.8, 4) is 0 Å². The van der Waals surface area contributed by atoms with Crippen molar-refractivity contribution in [3.05, 3.63) is 60.1 Å². The Morgan fingerprint density at radius 3 is 2.53 bits per heavy atom. The lowest BCUT2D eigenvalue weighted by atomic mass is 9.86. The van der Waals surface area contributed by atoms with Gasteiger partial charge in [-0.3, -0.25) is 9.59 Å². The highest BCUT2D eigenvalue weighted by Gasteiger charge is 2.32. The fourth-order valence-corrected chi connectivity index (χ4v) is 3.45. The highest BCUT2D eigenvalue weighted by Crippen LogP contribution is 2.23. The summed E-state index contributed by atoms with van der Waals surface area (Å²) in [6.45, 7) is 11.4. The highest BCUT2D eigenvalue weighted by atomic mass is 16.6. The summed E-state index contributed by atoms with van der Waals surface area (Å²) in [5.41, 5.74) is 0.453. The number of allylic oxidation sites excluding steroid dienone is 4. The van der Waals surface area contributed by atoms with Gasteiger partial charge < -0.3 is 25.2 Å². The van der Waals surface area contributed by atoms with Crippen LogP contribution in [0.2, 0.25) is 0 Å². The summed E-state index contributed by atoms with van der Waals surface area (Å²) < 4.78 is 10.4. The largest absolute Gasteiger partial charge is 0.490 e. The van der Waals surface area contributed by atoms with Gasteiger partial charge in [0.25, 0.3) is 0 Å². The Morgan fingerprint density at radius 2 is 1.94 bits per heavy atom. The van der Waals surface area contributed by atoms with Gasteiger partial charge >= 0.3 is 5.97 Å². The molecular weight excluding hydrogens is 460 g/mol. The molecule has 1 aliphatic rings. The minimum absolute atomic E-state index is 0.00544. The van der Waals surface area contributed by atoms with Crippen molar-refractivity contribution < 1.29 is 29.0 Å². The maximum Gasteiger partial charge on any atom is 0.373 e. The molecule has 8 heteroatoms. The van der Waals surface area contributed by atoms with E-state index in [1.807, 2.05) is 53.7 Å². The van der Waals surface area contributed by atoms with Gasteiger partial charge in [-0.05, 0) is 37.5 Å². The number of aliphatic hydroxyl groups is 1. The van der Waals surface area contributed by atoms with Crippen LogP contribution in [0.1, 0.15) is 60.8 Å². The van der Waals surface area contributed by atoms with E-state index in [0.29, 0.717) is 19.3 Å². The number of carbonyl (C=O) groups is 3. The van der Waals surface area contributed by atoms with Crippen LogP contribution in [-0.4, -0.2) is 48.2 Å². The normalized spacial score (nSPS) is 19.7. The minimum atomic E-state index is -0.743. The average Bonchev–Trinajstić information content (AvgIpc) is 2.81. The first-order chi connectivity index (χ1) is 16.9. The maximum atomic E-state index is 12.6. The molecule has 0 spiro atoms. The van der Waals surface area contributed by atoms with E-state index in [0.717, 1.165) is 5.57 Å². The molecule has 0 aromatic rings. The molecule has 0 fully saturated rings. The van der Waals surface area contributed by atoms with E-state index in [1.54, 1.807) is 24.3 Å². The lowest BCUT2D eigenvalue weighted by molar-refractivity contribution is -0.151. The number of rotatable bonds is 12. The summed E-state index contributed by atoms with van der Waals surface area (Å²) in [6.07, 6.45) is 14.5. The van der Waals surface area contributed by atoms with Crippen molar-refractivity contribution in [2.24, 2.45) is 11.3 Å². The third-order valence-electron chi connectivity index (χ3n) is 5.68. The van der Waals surface area contributed by atoms with Crippen LogP contribution in [0.3, 0.4) is 0 Å². The van der Waals surface area contributed by atoms with Crippen molar-refractivity contribution >= 4 is 17.8 Å². The second kappa shape index (κ2) is 15.1. The summed E-state index contributed by atoms with van der Waals surface area (Å²) >= 11 is 0. The minimum Gasteiger partial charge on any atom is -0.490 e. The molecule has 1 heterocycles. The molecule has 4 atom stereocenters. The van der Waals surface area contributed by atoms with Gasteiger partial charge in [0.1, 0.15) is 12.1 Å². The zero-order valence-corrected chi connectivity index (χ0v) is 22.5. The van der Waals surface area contributed by atoms with Crippen molar-refractivity contribution in [1.29, 1.82) is 0 Å². The van der Waals surface area contributed by atoms with Crippen molar-refractivity contribution in [1.82, 2.24) is 10.6 Å². The van der Waals surface area contributed by atoms with Gasteiger partial charge in [-0.1, -0.05) is 70.6 Å². The Labute approximate surface area is 215 Å². The van der Waals surface area contributed by atoms with Gasteiger partial charge in [0, 0.05) is 18.4 Å². The Balaban J connectivity index is 2.65. The first-order valence-corrected chi connectivity index (χ1v) is 12.3. The van der Waals surface area contributed by atoms with Gasteiger partial charge in [-0.25, -0.2) is 4.79 Å². The Kier molecular flexibility index (Phi) is 12.9. The predicted molar refractivity (Wildman–Crippen MR) is 140 cm³/mol. The third kappa shape index (κ3) is 11.1. The van der Waals surface area contributed by atoms with Crippen LogP contribution in [0, 0.1) is 11.3 Å². The van der Waals surface area contributed by atoms with Crippen LogP contribution < -0.4 is 10.6 Å². The molecule has 0 aromatic carbocycles. The lowest BCUT2D eigenvalue weighted by Crippen LogP contribution is -2.52. The molecule has 0 bridgehead atoms. The zero-order chi connectivity index (χ0) is 27.3. The van der Waals surface area contributed by atoms with Gasteiger partial charge in [0.15, 0.2) is 5.76 Å². The summed E-state index contributed by atoms with van der Waals surface area (Å²) in [6, 6.07) is -0.743. The van der Waals surface area contributed by atoms with E-state index in [2.05, 4.69) is 10.6 Å². The highest BCUT2D eigenvalue weighted by molar-refractivity contribution is 5.93. The monoisotopic (exact) mass is 502 g/mol. The summed E-state index contributed by atoms with van der Waals surface area (Å²) in [5.74, 6) is -0.928. The molecule has 0 saturated carbocycles. The molecule has 0 aromatic heterocycles. The number of cyclic esters (lactones) is 1. The molecule has 0 unspecified atom stereocenters. The van der Waals surface area contributed by atoms with Crippen LogP contribution in [0.5, 0.6) is 0 Å². The third-order valence-corrected chi connectivity index (χ3v) is 5.68. The second-order valence-corrected chi connectivity index (χ2v) is 9.96. The summed E-state index contributed by atoms with van der Waals surface area (Å²) in [5, 5.41) is 15.0. The van der Waals surface area contributed by atoms with Gasteiger partial charge in [0.2, 0.25) is 11.8 Å². The number of methoxy groups -OCH3 is 1. The molecule has 2 amide bonds. The van der Waals surface area contributed by atoms with Crippen LogP contribution in [0.4, 0.5) is 0 Å². The molecule has 8 nitrogen and oxygen atoms in total. The van der Waals surface area contributed by atoms with Crippen LogP contribution in [-0.2, 0) is 23.9 Å². The Morgan fingerprint density at radius 1 is 1.28 bits per heavy atom. The fourth-order valence-electron chi connectivity index (χ4n) is 3.45. The van der Waals surface area contributed by atoms with E-state index >= 15 is 0 Å². The quantitative estimate of drug-likeness (QED) is 0.212. The smallest absolute Gasteiger partial charge is 0.373 e. The van der Waals surface area contributed by atoms with Crippen molar-refractivity contribution in [2.45, 2.75) is 79.1 Å². The van der Waals surface area contributed by atoms with E-state index in [-0.39, 0.29) is 29.6 Å². The van der Waals surface area contributed by atoms with Crippen LogP contribution >= 0.6 is 0 Å². The number of hydrogen-bond acceptors (Lipinski definition) is 6. The van der Waals surface area contributed by atoms with Crippen molar-refractivity contribution in [2.75, 3.05) is 7.11 Å². The standard InChI is InChI=1S/C28H42N2O6/c1-8-21(31)13-11-17-29-26(33)25(28(4,5)6)30-24(32)14-10-9-12-19(2)18-20(3)22-15-16-23(35-7)27(34)36-22/h9-12,14,16-18,20-22,25,31H,8,13,15H2,1-7H3,(H,29,33)(H,30,32)/b12-9-,14-10-,17-11-,19-18+/t20-,21-,22-,25+/m0/s1. The van der Waals surface area contributed by atoms with E-state index in [9.17, 15) is 19.5 Å². The molecule has 3 N–H and O–H groups in total. The average molecular weight is 503 g/mol. The molecule has 1 rings (SSSR count). The van der Waals surface area contributed by atoms with Gasteiger partial charge in [-0.15, -0.1) is 0 Å². The van der Waals surface area contributed by atoms with Crippen molar-refractivity contribution in [3.63, 3.8) is 0 Å². The van der Waals surface area contributed by atoms with E-state index < -0.39 is 23.5 Å². The molecule has 1 aliphatic heterocycles. The Bertz CT molecular complexity index is 907. The molecule has 200 valence electrons. The number of amides is 2. The molecule has 0 saturated heterocycles. The topological polar surface area (TPSA) is 114 Å². The summed E-state index contributed by atoms with van der Waals surface area (Å²) in [4.78, 5) is 36.9. The fraction of sp³-hybridized carbons (Fsp3) is 0.536. The first kappa shape index (κ1) is 30.9. The number of esters is 1. The Hall–Kier alpha value is -3.13. The number of carbonyl (C=O) groups excluding carboxylic acids is 3. The summed E-state index contributed by atoms with van der Waals surface area (Å²) in [7, 11) is 1.44. The first-order valence-electron chi connectivity index (χ1n) is 12.3. The molecular formula is C28H42N2O6. The molecule has 0 radical (unpaired) electrons. The number of nitrogens with one attached hydrogen (secondary N) is 2. The zero-order valence-electron chi connectivity index (χ0n) is 22.5. The van der Waals surface area contributed by atoms with Crippen LogP contribution in [0.25, 0.3) is 0 Å². The lowest BCUT2D eigenvalue weighted by Gasteiger charge is -2.29. The SMILES string of the molecule is CC[C@H](O)C/C=C\NC(=O)[C@@H](NC(=O)\C=C/C=C\C(C)=C\[C@H](C)[C@@H]1CC=C(OC)C(=O)O1)C(C)(C)C. The van der Waals surface area contributed by atoms with Gasteiger partial charge in [-0.2, -0.15) is 0 Å². The number of ether oxygens (including phenoxy) is 2. The number of hydrogen-bond donors (Lipinski definition) is 3.